The van der Waals surface area contributed by atoms with Crippen molar-refractivity contribution in [2.45, 2.75) is 31.3 Å². The lowest BCUT2D eigenvalue weighted by Gasteiger charge is -2.17. The third-order valence-electron chi connectivity index (χ3n) is 4.00. The summed E-state index contributed by atoms with van der Waals surface area (Å²) < 4.78 is 0. The van der Waals surface area contributed by atoms with E-state index in [4.69, 9.17) is 0 Å². The molecular formula is C16H19N3O3. The molecule has 1 fully saturated rings. The summed E-state index contributed by atoms with van der Waals surface area (Å²) in [5.74, 6) is -1.26. The van der Waals surface area contributed by atoms with Crippen LogP contribution >= 0.6 is 0 Å². The van der Waals surface area contributed by atoms with Gasteiger partial charge in [0.1, 0.15) is 6.04 Å². The quantitative estimate of drug-likeness (QED) is 0.663. The van der Waals surface area contributed by atoms with E-state index < -0.39 is 12.0 Å². The number of benzene rings is 1. The molecule has 1 aliphatic heterocycles. The summed E-state index contributed by atoms with van der Waals surface area (Å²) in [4.78, 5) is 26.7. The van der Waals surface area contributed by atoms with E-state index in [2.05, 4.69) is 15.6 Å². The molecule has 1 amide bonds. The molecule has 2 heterocycles. The molecule has 6 heteroatoms. The Hall–Kier alpha value is -2.34. The van der Waals surface area contributed by atoms with Crippen LogP contribution in [0.2, 0.25) is 0 Å². The van der Waals surface area contributed by atoms with E-state index in [0.29, 0.717) is 0 Å². The lowest BCUT2D eigenvalue weighted by atomic mass is 10.1. The van der Waals surface area contributed by atoms with Gasteiger partial charge in [-0.2, -0.15) is 0 Å². The number of carbonyl (C=O) groups excluding carboxylic acids is 1. The molecule has 0 unspecified atom stereocenters. The molecule has 1 aromatic carbocycles. The Labute approximate surface area is 127 Å². The summed E-state index contributed by atoms with van der Waals surface area (Å²) in [5, 5.41) is 16.1. The van der Waals surface area contributed by atoms with E-state index in [9.17, 15) is 14.7 Å². The molecule has 0 spiro atoms. The van der Waals surface area contributed by atoms with Crippen molar-refractivity contribution in [1.29, 1.82) is 0 Å². The first-order valence-corrected chi connectivity index (χ1v) is 7.46. The topological polar surface area (TPSA) is 94.2 Å². The number of fused-ring (bicyclic) bond motifs is 1. The number of rotatable bonds is 5. The van der Waals surface area contributed by atoms with Crippen LogP contribution < -0.4 is 10.6 Å². The number of aromatic amines is 1. The van der Waals surface area contributed by atoms with Gasteiger partial charge in [-0.3, -0.25) is 4.79 Å². The summed E-state index contributed by atoms with van der Waals surface area (Å²) in [7, 11) is 0. The minimum absolute atomic E-state index is 0.235. The Bertz CT molecular complexity index is 656. The zero-order chi connectivity index (χ0) is 15.5. The van der Waals surface area contributed by atoms with Crippen molar-refractivity contribution in [3.63, 3.8) is 0 Å². The van der Waals surface area contributed by atoms with Crippen LogP contribution in [0.1, 0.15) is 18.5 Å². The van der Waals surface area contributed by atoms with Gasteiger partial charge in [0, 0.05) is 17.6 Å². The fourth-order valence-corrected chi connectivity index (χ4v) is 2.84. The number of aliphatic carboxylic acids is 1. The van der Waals surface area contributed by atoms with E-state index in [1.807, 2.05) is 30.3 Å². The van der Waals surface area contributed by atoms with E-state index in [1.165, 1.54) is 0 Å². The van der Waals surface area contributed by atoms with Gasteiger partial charge >= 0.3 is 5.97 Å². The van der Waals surface area contributed by atoms with Crippen LogP contribution in [0.25, 0.3) is 10.9 Å². The average molecular weight is 301 g/mol. The van der Waals surface area contributed by atoms with Crippen molar-refractivity contribution < 1.29 is 14.7 Å². The second-order valence-electron chi connectivity index (χ2n) is 5.63. The molecule has 2 aromatic rings. The first-order valence-electron chi connectivity index (χ1n) is 7.46. The van der Waals surface area contributed by atoms with E-state index in [1.54, 1.807) is 0 Å². The van der Waals surface area contributed by atoms with E-state index in [-0.39, 0.29) is 18.4 Å². The lowest BCUT2D eigenvalue weighted by Crippen LogP contribution is -2.49. The second-order valence-corrected chi connectivity index (χ2v) is 5.63. The minimum Gasteiger partial charge on any atom is -0.480 e. The molecule has 22 heavy (non-hydrogen) atoms. The molecule has 0 radical (unpaired) electrons. The SMILES string of the molecule is O=C(O)[C@@H](Cc1cc2ccccc2[nH]1)NC(=O)[C@H]1CCCN1. The second kappa shape index (κ2) is 6.19. The Morgan fingerprint density at radius 2 is 2.18 bits per heavy atom. The monoisotopic (exact) mass is 301 g/mol. The van der Waals surface area contributed by atoms with Gasteiger partial charge in [0.05, 0.1) is 6.04 Å². The number of amides is 1. The Morgan fingerprint density at radius 3 is 2.86 bits per heavy atom. The fourth-order valence-electron chi connectivity index (χ4n) is 2.84. The van der Waals surface area contributed by atoms with Crippen LogP contribution in [0.15, 0.2) is 30.3 Å². The summed E-state index contributed by atoms with van der Waals surface area (Å²) in [6.45, 7) is 0.803. The Kier molecular flexibility index (Phi) is 4.11. The van der Waals surface area contributed by atoms with Gasteiger partial charge in [0.15, 0.2) is 0 Å². The molecule has 0 saturated carbocycles. The molecule has 6 nitrogen and oxygen atoms in total. The third-order valence-corrected chi connectivity index (χ3v) is 4.00. The predicted octanol–water partition coefficient (Wildman–Crippen LogP) is 1.03. The summed E-state index contributed by atoms with van der Waals surface area (Å²) >= 11 is 0. The van der Waals surface area contributed by atoms with Crippen LogP contribution in [0.5, 0.6) is 0 Å². The largest absolute Gasteiger partial charge is 0.480 e. The molecule has 1 aromatic heterocycles. The van der Waals surface area contributed by atoms with E-state index >= 15 is 0 Å². The number of carbonyl (C=O) groups is 2. The number of carboxylic acid groups (broad SMARTS) is 1. The molecule has 1 aliphatic rings. The summed E-state index contributed by atoms with van der Waals surface area (Å²) in [6, 6.07) is 8.48. The summed E-state index contributed by atoms with van der Waals surface area (Å²) in [5.41, 5.74) is 1.76. The highest BCUT2D eigenvalue weighted by atomic mass is 16.4. The highest BCUT2D eigenvalue weighted by molar-refractivity contribution is 5.87. The zero-order valence-corrected chi connectivity index (χ0v) is 12.1. The van der Waals surface area contributed by atoms with Crippen LogP contribution in [0.3, 0.4) is 0 Å². The van der Waals surface area contributed by atoms with Gasteiger partial charge in [-0.1, -0.05) is 18.2 Å². The van der Waals surface area contributed by atoms with Crippen molar-refractivity contribution in [3.8, 4) is 0 Å². The Balaban J connectivity index is 1.70. The number of H-pyrrole nitrogens is 1. The zero-order valence-electron chi connectivity index (χ0n) is 12.1. The molecule has 4 N–H and O–H groups in total. The number of nitrogens with one attached hydrogen (secondary N) is 3. The van der Waals surface area contributed by atoms with Crippen LogP contribution in [-0.2, 0) is 16.0 Å². The smallest absolute Gasteiger partial charge is 0.326 e. The van der Waals surface area contributed by atoms with Gasteiger partial charge < -0.3 is 20.7 Å². The van der Waals surface area contributed by atoms with Gasteiger partial charge in [-0.05, 0) is 36.9 Å². The highest BCUT2D eigenvalue weighted by Gasteiger charge is 2.27. The van der Waals surface area contributed by atoms with Gasteiger partial charge in [0.25, 0.3) is 0 Å². The molecule has 0 bridgehead atoms. The maximum atomic E-state index is 12.1. The maximum Gasteiger partial charge on any atom is 0.326 e. The third kappa shape index (κ3) is 3.12. The molecule has 2 atom stereocenters. The standard InChI is InChI=1S/C16H19N3O3/c20-15(13-6-3-7-17-13)19-14(16(21)22)9-11-8-10-4-1-2-5-12(10)18-11/h1-2,4-5,8,13-14,17-18H,3,6-7,9H2,(H,19,20)(H,21,22)/t13-,14-/m1/s1. The molecule has 0 aliphatic carbocycles. The van der Waals surface area contributed by atoms with Crippen molar-refractivity contribution in [2.75, 3.05) is 6.54 Å². The molecule has 3 rings (SSSR count). The Morgan fingerprint density at radius 1 is 1.36 bits per heavy atom. The van der Waals surface area contributed by atoms with Crippen molar-refractivity contribution in [3.05, 3.63) is 36.0 Å². The minimum atomic E-state index is -1.02. The molecule has 116 valence electrons. The first-order chi connectivity index (χ1) is 10.6. The molecular weight excluding hydrogens is 282 g/mol. The van der Waals surface area contributed by atoms with Crippen molar-refractivity contribution in [1.82, 2.24) is 15.6 Å². The van der Waals surface area contributed by atoms with E-state index in [0.717, 1.165) is 36.0 Å². The van der Waals surface area contributed by atoms with Crippen LogP contribution in [0.4, 0.5) is 0 Å². The number of aromatic nitrogens is 1. The maximum absolute atomic E-state index is 12.1. The van der Waals surface area contributed by atoms with Gasteiger partial charge in [0.2, 0.25) is 5.91 Å². The van der Waals surface area contributed by atoms with Gasteiger partial charge in [-0.25, -0.2) is 4.79 Å². The number of hydrogen-bond acceptors (Lipinski definition) is 3. The average Bonchev–Trinajstić information content (AvgIpc) is 3.15. The van der Waals surface area contributed by atoms with Crippen molar-refractivity contribution in [2.24, 2.45) is 0 Å². The number of hydrogen-bond donors (Lipinski definition) is 4. The normalized spacial score (nSPS) is 19.2. The fraction of sp³-hybridized carbons (Fsp3) is 0.375. The lowest BCUT2D eigenvalue weighted by molar-refractivity contribution is -0.142. The van der Waals surface area contributed by atoms with Crippen LogP contribution in [-0.4, -0.2) is 40.6 Å². The van der Waals surface area contributed by atoms with Gasteiger partial charge in [-0.15, -0.1) is 0 Å². The highest BCUT2D eigenvalue weighted by Crippen LogP contribution is 2.16. The first kappa shape index (κ1) is 14.6. The predicted molar refractivity (Wildman–Crippen MR) is 82.6 cm³/mol. The number of carboxylic acids is 1. The van der Waals surface area contributed by atoms with Crippen molar-refractivity contribution >= 4 is 22.8 Å². The van der Waals surface area contributed by atoms with Crippen LogP contribution in [0, 0.1) is 0 Å². The number of para-hydroxylation sites is 1. The summed E-state index contributed by atoms with van der Waals surface area (Å²) in [6.07, 6.45) is 1.94. The molecule has 1 saturated heterocycles.